The van der Waals surface area contributed by atoms with Gasteiger partial charge in [-0.1, -0.05) is 18.2 Å². The van der Waals surface area contributed by atoms with E-state index >= 15 is 0 Å². The van der Waals surface area contributed by atoms with Gasteiger partial charge in [0, 0.05) is 45.0 Å². The number of carbonyl (C=O) groups excluding carboxylic acids is 1. The second-order valence-corrected chi connectivity index (χ2v) is 8.27. The van der Waals surface area contributed by atoms with E-state index in [1.807, 2.05) is 24.3 Å². The zero-order chi connectivity index (χ0) is 18.1. The fourth-order valence-corrected chi connectivity index (χ4v) is 4.71. The van der Waals surface area contributed by atoms with Crippen LogP contribution in [0.5, 0.6) is 5.75 Å². The number of fused-ring (bicyclic) bond motifs is 1. The molecule has 2 aromatic rings. The molecule has 2 aliphatic heterocycles. The molecule has 0 saturated carbocycles. The fraction of sp³-hybridized carbons (Fsp3) is 0.333. The topological polar surface area (TPSA) is 79.8 Å². The van der Waals surface area contributed by atoms with Crippen molar-refractivity contribution in [2.45, 2.75) is 17.4 Å². The number of hydrogen-bond acceptors (Lipinski definition) is 5. The van der Waals surface area contributed by atoms with E-state index in [2.05, 4.69) is 4.98 Å². The van der Waals surface area contributed by atoms with Gasteiger partial charge in [-0.3, -0.25) is 9.78 Å². The van der Waals surface area contributed by atoms with Gasteiger partial charge in [0.25, 0.3) is 5.91 Å². The summed E-state index contributed by atoms with van der Waals surface area (Å²) in [7, 11) is -3.57. The van der Waals surface area contributed by atoms with Gasteiger partial charge in [-0.15, -0.1) is 0 Å². The minimum Gasteiger partial charge on any atom is -0.480 e. The Hall–Kier alpha value is -2.45. The summed E-state index contributed by atoms with van der Waals surface area (Å²) < 4.78 is 32.4. The van der Waals surface area contributed by atoms with Crippen molar-refractivity contribution in [3.8, 4) is 5.75 Å². The molecule has 0 unspecified atom stereocenters. The summed E-state index contributed by atoms with van der Waals surface area (Å²) in [6.07, 6.45) is 2.92. The third-order valence-corrected chi connectivity index (χ3v) is 6.63. The number of rotatable bonds is 3. The van der Waals surface area contributed by atoms with E-state index < -0.39 is 16.1 Å². The van der Waals surface area contributed by atoms with Crippen LogP contribution in [0.3, 0.4) is 0 Å². The molecule has 7 nitrogen and oxygen atoms in total. The van der Waals surface area contributed by atoms with Crippen molar-refractivity contribution in [1.82, 2.24) is 14.2 Å². The van der Waals surface area contributed by atoms with Gasteiger partial charge in [-0.05, 0) is 23.8 Å². The highest BCUT2D eigenvalue weighted by Gasteiger charge is 2.35. The Morgan fingerprint density at radius 3 is 2.54 bits per heavy atom. The average molecular weight is 373 g/mol. The molecule has 2 aliphatic rings. The van der Waals surface area contributed by atoms with Crippen LogP contribution in [0.25, 0.3) is 0 Å². The second-order valence-electron chi connectivity index (χ2n) is 6.34. The van der Waals surface area contributed by atoms with Crippen molar-refractivity contribution in [1.29, 1.82) is 0 Å². The van der Waals surface area contributed by atoms with Gasteiger partial charge in [0.2, 0.25) is 10.0 Å². The summed E-state index contributed by atoms with van der Waals surface area (Å²) in [5.41, 5.74) is 1.03. The second kappa shape index (κ2) is 6.69. The van der Waals surface area contributed by atoms with E-state index in [-0.39, 0.29) is 23.9 Å². The van der Waals surface area contributed by atoms with Crippen molar-refractivity contribution >= 4 is 15.9 Å². The first-order chi connectivity index (χ1) is 12.6. The van der Waals surface area contributed by atoms with Crippen LogP contribution >= 0.6 is 0 Å². The molecule has 1 aromatic carbocycles. The molecule has 0 radical (unpaired) electrons. The van der Waals surface area contributed by atoms with Crippen LogP contribution in [-0.2, 0) is 21.2 Å². The molecule has 0 bridgehead atoms. The molecule has 26 heavy (non-hydrogen) atoms. The summed E-state index contributed by atoms with van der Waals surface area (Å²) in [5, 5.41) is 0. The van der Waals surface area contributed by atoms with E-state index in [0.29, 0.717) is 19.5 Å². The molecule has 0 aliphatic carbocycles. The first-order valence-corrected chi connectivity index (χ1v) is 9.93. The van der Waals surface area contributed by atoms with E-state index in [1.54, 1.807) is 11.0 Å². The van der Waals surface area contributed by atoms with Crippen LogP contribution < -0.4 is 4.74 Å². The highest BCUT2D eigenvalue weighted by molar-refractivity contribution is 7.89. The van der Waals surface area contributed by atoms with Crippen molar-refractivity contribution < 1.29 is 17.9 Å². The molecular formula is C18H19N3O4S. The quantitative estimate of drug-likeness (QED) is 0.799. The number of benzene rings is 1. The number of ether oxygens (including phenoxy) is 1. The molecule has 8 heteroatoms. The first kappa shape index (κ1) is 17.0. The third-order valence-electron chi connectivity index (χ3n) is 4.75. The minimum atomic E-state index is -3.57. The van der Waals surface area contributed by atoms with Crippen LogP contribution in [0.15, 0.2) is 53.7 Å². The summed E-state index contributed by atoms with van der Waals surface area (Å²) in [6.45, 7) is 1.24. The zero-order valence-electron chi connectivity index (χ0n) is 14.1. The van der Waals surface area contributed by atoms with Crippen LogP contribution in [0.1, 0.15) is 5.56 Å². The number of aromatic nitrogens is 1. The molecule has 4 rings (SSSR count). The van der Waals surface area contributed by atoms with Crippen LogP contribution in [0.4, 0.5) is 0 Å². The van der Waals surface area contributed by atoms with E-state index in [4.69, 9.17) is 4.74 Å². The number of piperazine rings is 1. The maximum absolute atomic E-state index is 12.7. The largest absolute Gasteiger partial charge is 0.480 e. The predicted octanol–water partition coefficient (Wildman–Crippen LogP) is 0.918. The number of amides is 1. The average Bonchev–Trinajstić information content (AvgIpc) is 3.12. The number of hydrogen-bond donors (Lipinski definition) is 0. The summed E-state index contributed by atoms with van der Waals surface area (Å²) in [4.78, 5) is 18.5. The monoisotopic (exact) mass is 373 g/mol. The van der Waals surface area contributed by atoms with Gasteiger partial charge in [-0.25, -0.2) is 8.42 Å². The Bertz CT molecular complexity index is 884. The first-order valence-electron chi connectivity index (χ1n) is 8.49. The van der Waals surface area contributed by atoms with E-state index in [1.165, 1.54) is 22.8 Å². The zero-order valence-corrected chi connectivity index (χ0v) is 14.9. The molecule has 136 valence electrons. The maximum atomic E-state index is 12.7. The Morgan fingerprint density at radius 1 is 1.08 bits per heavy atom. The summed E-state index contributed by atoms with van der Waals surface area (Å²) >= 11 is 0. The maximum Gasteiger partial charge on any atom is 0.264 e. The standard InChI is InChI=1S/C18H19N3O4S/c22-18(17-12-14-4-1-2-6-16(14)25-17)20-8-10-21(11-9-20)26(23,24)15-5-3-7-19-13-15/h1-7,13,17H,8-12H2/t17-/m1/s1. The van der Waals surface area contributed by atoms with Crippen LogP contribution in [-0.4, -0.2) is 60.8 Å². The minimum absolute atomic E-state index is 0.0837. The van der Waals surface area contributed by atoms with E-state index in [9.17, 15) is 13.2 Å². The van der Waals surface area contributed by atoms with Gasteiger partial charge in [-0.2, -0.15) is 4.31 Å². The van der Waals surface area contributed by atoms with Gasteiger partial charge in [0.05, 0.1) is 0 Å². The Balaban J connectivity index is 1.39. The molecule has 1 saturated heterocycles. The lowest BCUT2D eigenvalue weighted by molar-refractivity contribution is -0.139. The van der Waals surface area contributed by atoms with Crippen molar-refractivity contribution in [2.75, 3.05) is 26.2 Å². The van der Waals surface area contributed by atoms with Crippen LogP contribution in [0, 0.1) is 0 Å². The lowest BCUT2D eigenvalue weighted by Crippen LogP contribution is -2.53. The smallest absolute Gasteiger partial charge is 0.264 e. The highest BCUT2D eigenvalue weighted by atomic mass is 32.2. The lowest BCUT2D eigenvalue weighted by atomic mass is 10.1. The molecule has 1 atom stereocenters. The summed E-state index contributed by atoms with van der Waals surface area (Å²) in [5.74, 6) is 0.670. The van der Waals surface area contributed by atoms with Crippen molar-refractivity contribution in [3.05, 3.63) is 54.4 Å². The highest BCUT2D eigenvalue weighted by Crippen LogP contribution is 2.29. The molecule has 3 heterocycles. The van der Waals surface area contributed by atoms with Crippen molar-refractivity contribution in [2.24, 2.45) is 0 Å². The van der Waals surface area contributed by atoms with Gasteiger partial charge < -0.3 is 9.64 Å². The molecule has 0 spiro atoms. The van der Waals surface area contributed by atoms with Gasteiger partial charge in [0.15, 0.2) is 6.10 Å². The fourth-order valence-electron chi connectivity index (χ4n) is 3.32. The molecule has 0 N–H and O–H groups in total. The Kier molecular flexibility index (Phi) is 4.37. The number of sulfonamides is 1. The number of carbonyl (C=O) groups is 1. The summed E-state index contributed by atoms with van der Waals surface area (Å²) in [6, 6.07) is 10.8. The third kappa shape index (κ3) is 3.06. The van der Waals surface area contributed by atoms with Gasteiger partial charge in [0.1, 0.15) is 10.6 Å². The normalized spacial score (nSPS) is 20.5. The SMILES string of the molecule is O=C([C@H]1Cc2ccccc2O1)N1CCN(S(=O)(=O)c2cccnc2)CC1. The predicted molar refractivity (Wildman–Crippen MR) is 94.1 cm³/mol. The number of nitrogens with zero attached hydrogens (tertiary/aromatic N) is 3. The number of pyridine rings is 1. The molecular weight excluding hydrogens is 354 g/mol. The molecule has 1 amide bonds. The van der Waals surface area contributed by atoms with Crippen LogP contribution in [0.2, 0.25) is 0 Å². The van der Waals surface area contributed by atoms with E-state index in [0.717, 1.165) is 11.3 Å². The molecule has 1 aromatic heterocycles. The number of para-hydroxylation sites is 1. The van der Waals surface area contributed by atoms with Crippen molar-refractivity contribution in [3.63, 3.8) is 0 Å². The van der Waals surface area contributed by atoms with Gasteiger partial charge >= 0.3 is 0 Å². The Labute approximate surface area is 152 Å². The Morgan fingerprint density at radius 2 is 1.85 bits per heavy atom. The lowest BCUT2D eigenvalue weighted by Gasteiger charge is -2.34. The molecule has 1 fully saturated rings.